The molecule has 4 N–H and O–H groups in total. The van der Waals surface area contributed by atoms with Crippen LogP contribution in [0.4, 0.5) is 4.79 Å². The molecule has 0 aliphatic carbocycles. The molecule has 6 heteroatoms. The first kappa shape index (κ1) is 12.5. The quantitative estimate of drug-likeness (QED) is 0.264. The number of hydrogen-bond donors (Lipinski definition) is 3. The Morgan fingerprint density at radius 2 is 2.14 bits per heavy atom. The molecule has 0 radical (unpaired) electrons. The Bertz CT molecular complexity index is 239. The smallest absolute Gasteiger partial charge is 0.317 e. The Morgan fingerprint density at radius 1 is 1.64 bits per heavy atom. The Balaban J connectivity index is 4.65. The Kier molecular flexibility index (Phi) is 4.20. The van der Waals surface area contributed by atoms with E-state index >= 15 is 0 Å². The number of amides is 2. The number of nitrogens with zero attached hydrogens (tertiary/aromatic N) is 2. The van der Waals surface area contributed by atoms with Gasteiger partial charge >= 0.3 is 6.03 Å². The maximum Gasteiger partial charge on any atom is 0.317 e. The fourth-order valence-corrected chi connectivity index (χ4v) is 0.792. The molecular formula is C8H18N4O2. The number of nitrogens with one attached hydrogen (secondary N) is 1. The van der Waals surface area contributed by atoms with Gasteiger partial charge in [0.15, 0.2) is 5.84 Å². The number of carbonyl (C=O) groups excluding carboxylic acids is 1. The van der Waals surface area contributed by atoms with Gasteiger partial charge in [-0.25, -0.2) is 4.79 Å². The van der Waals surface area contributed by atoms with E-state index in [1.807, 2.05) is 6.92 Å². The van der Waals surface area contributed by atoms with Crippen molar-refractivity contribution in [2.75, 3.05) is 14.1 Å². The summed E-state index contributed by atoms with van der Waals surface area (Å²) < 4.78 is 0. The van der Waals surface area contributed by atoms with Crippen LogP contribution in [-0.2, 0) is 0 Å². The summed E-state index contributed by atoms with van der Waals surface area (Å²) in [7, 11) is 3.25. The second-order valence-corrected chi connectivity index (χ2v) is 3.50. The van der Waals surface area contributed by atoms with Gasteiger partial charge in [-0.05, 0) is 13.3 Å². The molecule has 1 unspecified atom stereocenters. The van der Waals surface area contributed by atoms with Crippen LogP contribution in [-0.4, -0.2) is 41.6 Å². The molecule has 6 nitrogen and oxygen atoms in total. The summed E-state index contributed by atoms with van der Waals surface area (Å²) in [6, 6.07) is -0.277. The van der Waals surface area contributed by atoms with Gasteiger partial charge in [0.1, 0.15) is 0 Å². The van der Waals surface area contributed by atoms with Crippen molar-refractivity contribution in [3.8, 4) is 0 Å². The van der Waals surface area contributed by atoms with Gasteiger partial charge in [0.2, 0.25) is 0 Å². The summed E-state index contributed by atoms with van der Waals surface area (Å²) >= 11 is 0. The van der Waals surface area contributed by atoms with Gasteiger partial charge in [0.25, 0.3) is 0 Å². The van der Waals surface area contributed by atoms with Crippen molar-refractivity contribution in [2.24, 2.45) is 10.9 Å². The molecule has 0 aromatic heterocycles. The van der Waals surface area contributed by atoms with E-state index in [-0.39, 0.29) is 11.9 Å². The van der Waals surface area contributed by atoms with Gasteiger partial charge < -0.3 is 21.2 Å². The van der Waals surface area contributed by atoms with E-state index in [1.165, 1.54) is 4.90 Å². The van der Waals surface area contributed by atoms with E-state index in [0.29, 0.717) is 6.42 Å². The summed E-state index contributed by atoms with van der Waals surface area (Å²) in [5.74, 6) is -0.00444. The molecule has 0 heterocycles. The molecule has 82 valence electrons. The first-order chi connectivity index (χ1) is 6.37. The highest BCUT2D eigenvalue weighted by molar-refractivity contribution is 5.93. The van der Waals surface area contributed by atoms with Gasteiger partial charge in [-0.3, -0.25) is 0 Å². The minimum absolute atomic E-state index is 0.00444. The van der Waals surface area contributed by atoms with Crippen LogP contribution in [0.1, 0.15) is 20.3 Å². The molecule has 0 saturated carbocycles. The van der Waals surface area contributed by atoms with Crippen molar-refractivity contribution in [3.05, 3.63) is 0 Å². The van der Waals surface area contributed by atoms with E-state index in [2.05, 4.69) is 10.5 Å². The van der Waals surface area contributed by atoms with Crippen molar-refractivity contribution >= 4 is 11.9 Å². The summed E-state index contributed by atoms with van der Waals surface area (Å²) in [6.07, 6.45) is 0.544. The van der Waals surface area contributed by atoms with Crippen molar-refractivity contribution < 1.29 is 10.0 Å². The van der Waals surface area contributed by atoms with Crippen LogP contribution < -0.4 is 11.1 Å². The molecule has 0 aliphatic rings. The highest BCUT2D eigenvalue weighted by atomic mass is 16.4. The minimum Gasteiger partial charge on any atom is -0.409 e. The molecule has 14 heavy (non-hydrogen) atoms. The summed E-state index contributed by atoms with van der Waals surface area (Å²) in [6.45, 7) is 3.54. The maximum atomic E-state index is 11.4. The van der Waals surface area contributed by atoms with E-state index in [1.54, 1.807) is 21.0 Å². The van der Waals surface area contributed by atoms with E-state index < -0.39 is 5.54 Å². The second kappa shape index (κ2) is 4.69. The standard InChI is InChI=1S/C8H18N4O2/c1-5-8(2,6(9)11-14)10-7(13)12(3)4/h14H,5H2,1-4H3,(H2,9,11)(H,10,13). The van der Waals surface area contributed by atoms with Gasteiger partial charge in [-0.15, -0.1) is 0 Å². The number of nitrogens with two attached hydrogens (primary N) is 1. The molecule has 0 bridgehead atoms. The zero-order valence-corrected chi connectivity index (χ0v) is 9.03. The third-order valence-electron chi connectivity index (χ3n) is 2.17. The third kappa shape index (κ3) is 2.79. The molecule has 0 aliphatic heterocycles. The van der Waals surface area contributed by atoms with Crippen LogP contribution in [0.15, 0.2) is 5.16 Å². The van der Waals surface area contributed by atoms with Crippen LogP contribution in [0.25, 0.3) is 0 Å². The second-order valence-electron chi connectivity index (χ2n) is 3.50. The lowest BCUT2D eigenvalue weighted by Crippen LogP contribution is -2.57. The maximum absolute atomic E-state index is 11.4. The van der Waals surface area contributed by atoms with Crippen molar-refractivity contribution in [2.45, 2.75) is 25.8 Å². The highest BCUT2D eigenvalue weighted by Crippen LogP contribution is 2.09. The molecule has 0 fully saturated rings. The Hall–Kier alpha value is -1.46. The van der Waals surface area contributed by atoms with Crippen LogP contribution >= 0.6 is 0 Å². The number of amidine groups is 1. The van der Waals surface area contributed by atoms with Crippen LogP contribution in [0.3, 0.4) is 0 Å². The molecule has 1 atom stereocenters. The average Bonchev–Trinajstić information content (AvgIpc) is 2.15. The number of urea groups is 1. The van der Waals surface area contributed by atoms with E-state index in [4.69, 9.17) is 10.9 Å². The van der Waals surface area contributed by atoms with Crippen molar-refractivity contribution in [3.63, 3.8) is 0 Å². The fourth-order valence-electron chi connectivity index (χ4n) is 0.792. The summed E-state index contributed by atoms with van der Waals surface area (Å²) in [4.78, 5) is 12.7. The first-order valence-electron chi connectivity index (χ1n) is 4.35. The van der Waals surface area contributed by atoms with E-state index in [0.717, 1.165) is 0 Å². The predicted octanol–water partition coefficient (Wildman–Crippen LogP) is 0.173. The molecule has 0 spiro atoms. The Morgan fingerprint density at radius 3 is 2.43 bits per heavy atom. The minimum atomic E-state index is -0.809. The third-order valence-corrected chi connectivity index (χ3v) is 2.17. The molecular weight excluding hydrogens is 184 g/mol. The highest BCUT2D eigenvalue weighted by Gasteiger charge is 2.29. The average molecular weight is 202 g/mol. The lowest BCUT2D eigenvalue weighted by atomic mass is 9.98. The lowest BCUT2D eigenvalue weighted by molar-refractivity contribution is 0.209. The fraction of sp³-hybridized carbons (Fsp3) is 0.750. The molecule has 0 aromatic carbocycles. The zero-order valence-electron chi connectivity index (χ0n) is 9.03. The van der Waals surface area contributed by atoms with Crippen LogP contribution in [0, 0.1) is 0 Å². The molecule has 0 rings (SSSR count). The molecule has 2 amide bonds. The molecule has 0 aromatic rings. The Labute approximate surface area is 83.7 Å². The SMILES string of the molecule is CCC(C)(NC(=O)N(C)C)C(N)=NO. The number of rotatable bonds is 3. The van der Waals surface area contributed by atoms with Gasteiger partial charge in [0, 0.05) is 14.1 Å². The monoisotopic (exact) mass is 202 g/mol. The van der Waals surface area contributed by atoms with Crippen molar-refractivity contribution in [1.82, 2.24) is 10.2 Å². The number of carbonyl (C=O) groups is 1. The van der Waals surface area contributed by atoms with Gasteiger partial charge in [0.05, 0.1) is 5.54 Å². The normalized spacial score (nSPS) is 15.9. The largest absolute Gasteiger partial charge is 0.409 e. The lowest BCUT2D eigenvalue weighted by Gasteiger charge is -2.29. The van der Waals surface area contributed by atoms with Crippen LogP contribution in [0.2, 0.25) is 0 Å². The summed E-state index contributed by atoms with van der Waals surface area (Å²) in [5.41, 5.74) is 4.67. The first-order valence-corrected chi connectivity index (χ1v) is 4.35. The topological polar surface area (TPSA) is 91.0 Å². The predicted molar refractivity (Wildman–Crippen MR) is 54.3 cm³/mol. The van der Waals surface area contributed by atoms with E-state index in [9.17, 15) is 4.79 Å². The zero-order chi connectivity index (χ0) is 11.4. The molecule has 0 saturated heterocycles. The van der Waals surface area contributed by atoms with Crippen molar-refractivity contribution in [1.29, 1.82) is 0 Å². The number of oxime groups is 1. The summed E-state index contributed by atoms with van der Waals surface area (Å²) in [5, 5.41) is 14.1. The van der Waals surface area contributed by atoms with Gasteiger partial charge in [-0.1, -0.05) is 12.1 Å². The van der Waals surface area contributed by atoms with Crippen LogP contribution in [0.5, 0.6) is 0 Å². The van der Waals surface area contributed by atoms with Gasteiger partial charge in [-0.2, -0.15) is 0 Å². The number of hydrogen-bond acceptors (Lipinski definition) is 3.